The van der Waals surface area contributed by atoms with Gasteiger partial charge in [0.2, 0.25) is 11.8 Å². The summed E-state index contributed by atoms with van der Waals surface area (Å²) in [6, 6.07) is 4.59. The monoisotopic (exact) mass is 341 g/mol. The molecule has 5 nitrogen and oxygen atoms in total. The molecule has 1 aliphatic rings. The highest BCUT2D eigenvalue weighted by Crippen LogP contribution is 2.18. The number of benzene rings is 1. The molecular weight excluding hydrogens is 321 g/mol. The SMILES string of the molecule is CNC(=O)[C@H]1CN(Cc2ccc(Cl)cc2F)CCN(C(C)=O)C1. The number of carbonyl (C=O) groups excluding carboxylic acids is 2. The molecule has 2 rings (SSSR count). The summed E-state index contributed by atoms with van der Waals surface area (Å²) in [5.74, 6) is -0.860. The molecule has 23 heavy (non-hydrogen) atoms. The van der Waals surface area contributed by atoms with Crippen molar-refractivity contribution in [2.24, 2.45) is 5.92 Å². The summed E-state index contributed by atoms with van der Waals surface area (Å²) in [6.07, 6.45) is 0. The maximum absolute atomic E-state index is 14.0. The largest absolute Gasteiger partial charge is 0.359 e. The molecule has 0 aromatic heterocycles. The fourth-order valence-corrected chi connectivity index (χ4v) is 2.93. The first-order valence-corrected chi connectivity index (χ1v) is 7.92. The molecule has 0 radical (unpaired) electrons. The summed E-state index contributed by atoms with van der Waals surface area (Å²) < 4.78 is 14.0. The van der Waals surface area contributed by atoms with Gasteiger partial charge < -0.3 is 10.2 Å². The second-order valence-electron chi connectivity index (χ2n) is 5.75. The average Bonchev–Trinajstić information content (AvgIpc) is 2.72. The highest BCUT2D eigenvalue weighted by Gasteiger charge is 2.28. The van der Waals surface area contributed by atoms with Gasteiger partial charge in [0.05, 0.1) is 5.92 Å². The van der Waals surface area contributed by atoms with Crippen LogP contribution in [0.1, 0.15) is 12.5 Å². The van der Waals surface area contributed by atoms with Crippen LogP contribution < -0.4 is 5.32 Å². The zero-order valence-electron chi connectivity index (χ0n) is 13.3. The summed E-state index contributed by atoms with van der Waals surface area (Å²) in [5, 5.41) is 2.98. The molecule has 1 aromatic rings. The van der Waals surface area contributed by atoms with Crippen LogP contribution in [0, 0.1) is 11.7 Å². The number of hydrogen-bond acceptors (Lipinski definition) is 3. The highest BCUT2D eigenvalue weighted by atomic mass is 35.5. The third-order valence-corrected chi connectivity index (χ3v) is 4.31. The lowest BCUT2D eigenvalue weighted by molar-refractivity contribution is -0.130. The van der Waals surface area contributed by atoms with E-state index in [1.165, 1.54) is 13.0 Å². The van der Waals surface area contributed by atoms with Crippen molar-refractivity contribution in [2.45, 2.75) is 13.5 Å². The van der Waals surface area contributed by atoms with Crippen LogP contribution in [0.15, 0.2) is 18.2 Å². The second-order valence-corrected chi connectivity index (χ2v) is 6.18. The normalized spacial score (nSPS) is 19.3. The van der Waals surface area contributed by atoms with Crippen LogP contribution in [0.25, 0.3) is 0 Å². The minimum absolute atomic E-state index is 0.0570. The molecule has 126 valence electrons. The predicted molar refractivity (Wildman–Crippen MR) is 86.5 cm³/mol. The van der Waals surface area contributed by atoms with Gasteiger partial charge in [-0.3, -0.25) is 14.5 Å². The number of nitrogens with one attached hydrogen (secondary N) is 1. The van der Waals surface area contributed by atoms with Crippen molar-refractivity contribution in [1.82, 2.24) is 15.1 Å². The average molecular weight is 342 g/mol. The Morgan fingerprint density at radius 3 is 2.70 bits per heavy atom. The van der Waals surface area contributed by atoms with Crippen molar-refractivity contribution < 1.29 is 14.0 Å². The zero-order chi connectivity index (χ0) is 17.0. The maximum Gasteiger partial charge on any atom is 0.225 e. The van der Waals surface area contributed by atoms with Gasteiger partial charge in [0.15, 0.2) is 0 Å². The first kappa shape index (κ1) is 17.7. The summed E-state index contributed by atoms with van der Waals surface area (Å²) >= 11 is 5.77. The van der Waals surface area contributed by atoms with E-state index >= 15 is 0 Å². The van der Waals surface area contributed by atoms with Crippen molar-refractivity contribution in [3.05, 3.63) is 34.6 Å². The Morgan fingerprint density at radius 2 is 2.09 bits per heavy atom. The van der Waals surface area contributed by atoms with E-state index < -0.39 is 0 Å². The summed E-state index contributed by atoms with van der Waals surface area (Å²) in [7, 11) is 1.58. The molecule has 0 aliphatic carbocycles. The van der Waals surface area contributed by atoms with Crippen molar-refractivity contribution in [3.63, 3.8) is 0 Å². The Morgan fingerprint density at radius 1 is 1.35 bits per heavy atom. The Hall–Kier alpha value is -1.66. The third kappa shape index (κ3) is 4.65. The number of nitrogens with zero attached hydrogens (tertiary/aromatic N) is 2. The van der Waals surface area contributed by atoms with Crippen LogP contribution >= 0.6 is 11.6 Å². The lowest BCUT2D eigenvalue weighted by Crippen LogP contribution is -2.40. The van der Waals surface area contributed by atoms with Crippen molar-refractivity contribution in [2.75, 3.05) is 33.2 Å². The standard InChI is InChI=1S/C16H21ClFN3O2/c1-11(22)21-6-5-20(9-13(10-21)16(23)19-2)8-12-3-4-14(17)7-15(12)18/h3-4,7,13H,5-6,8-10H2,1-2H3,(H,19,23)/t13-/m0/s1. The van der Waals surface area contributed by atoms with E-state index in [1.54, 1.807) is 24.1 Å². The van der Waals surface area contributed by atoms with Gasteiger partial charge in [-0.15, -0.1) is 0 Å². The Labute approximate surface area is 140 Å². The molecular formula is C16H21ClFN3O2. The van der Waals surface area contributed by atoms with Gasteiger partial charge in [0.1, 0.15) is 5.82 Å². The second kappa shape index (κ2) is 7.75. The molecule has 1 saturated heterocycles. The van der Waals surface area contributed by atoms with Gasteiger partial charge in [-0.25, -0.2) is 4.39 Å². The molecule has 1 fully saturated rings. The molecule has 1 atom stereocenters. The Bertz CT molecular complexity index is 597. The Balaban J connectivity index is 2.14. The molecule has 7 heteroatoms. The highest BCUT2D eigenvalue weighted by molar-refractivity contribution is 6.30. The smallest absolute Gasteiger partial charge is 0.225 e. The van der Waals surface area contributed by atoms with Gasteiger partial charge >= 0.3 is 0 Å². The lowest BCUT2D eigenvalue weighted by Gasteiger charge is -2.23. The fourth-order valence-electron chi connectivity index (χ4n) is 2.77. The Kier molecular flexibility index (Phi) is 5.96. The van der Waals surface area contributed by atoms with E-state index in [4.69, 9.17) is 11.6 Å². The van der Waals surface area contributed by atoms with Gasteiger partial charge in [-0.05, 0) is 12.1 Å². The van der Waals surface area contributed by atoms with Crippen LogP contribution in [0.3, 0.4) is 0 Å². The molecule has 1 N–H and O–H groups in total. The zero-order valence-corrected chi connectivity index (χ0v) is 14.1. The molecule has 0 saturated carbocycles. The van der Waals surface area contributed by atoms with Gasteiger partial charge in [-0.1, -0.05) is 17.7 Å². The number of amides is 2. The van der Waals surface area contributed by atoms with Gasteiger partial charge in [-0.2, -0.15) is 0 Å². The van der Waals surface area contributed by atoms with Crippen LogP contribution in [-0.2, 0) is 16.1 Å². The molecule has 1 aliphatic heterocycles. The summed E-state index contributed by atoms with van der Waals surface area (Å²) in [5.41, 5.74) is 0.529. The predicted octanol–water partition coefficient (Wildman–Crippen LogP) is 1.51. The van der Waals surface area contributed by atoms with Crippen molar-refractivity contribution in [1.29, 1.82) is 0 Å². The first-order chi connectivity index (χ1) is 10.9. The fraction of sp³-hybridized carbons (Fsp3) is 0.500. The summed E-state index contributed by atoms with van der Waals surface area (Å²) in [4.78, 5) is 27.4. The van der Waals surface area contributed by atoms with E-state index in [0.717, 1.165) is 0 Å². The van der Waals surface area contributed by atoms with Crippen LogP contribution in [0.2, 0.25) is 5.02 Å². The number of rotatable bonds is 3. The molecule has 0 spiro atoms. The van der Waals surface area contributed by atoms with E-state index in [-0.39, 0.29) is 23.5 Å². The molecule has 1 aromatic carbocycles. The molecule has 0 bridgehead atoms. The van der Waals surface area contributed by atoms with Crippen molar-refractivity contribution >= 4 is 23.4 Å². The quantitative estimate of drug-likeness (QED) is 0.906. The maximum atomic E-state index is 14.0. The number of hydrogen-bond donors (Lipinski definition) is 1. The van der Waals surface area contributed by atoms with Gasteiger partial charge in [0.25, 0.3) is 0 Å². The molecule has 1 heterocycles. The number of halogens is 2. The molecule has 0 unspecified atom stereocenters. The van der Waals surface area contributed by atoms with Crippen LogP contribution in [0.5, 0.6) is 0 Å². The van der Waals surface area contributed by atoms with E-state index in [1.807, 2.05) is 4.90 Å². The lowest BCUT2D eigenvalue weighted by atomic mass is 10.1. The van der Waals surface area contributed by atoms with E-state index in [0.29, 0.717) is 43.3 Å². The topological polar surface area (TPSA) is 52.7 Å². The first-order valence-electron chi connectivity index (χ1n) is 7.54. The van der Waals surface area contributed by atoms with Crippen LogP contribution in [-0.4, -0.2) is 54.8 Å². The third-order valence-electron chi connectivity index (χ3n) is 4.08. The van der Waals surface area contributed by atoms with E-state index in [2.05, 4.69) is 5.32 Å². The van der Waals surface area contributed by atoms with Crippen LogP contribution in [0.4, 0.5) is 4.39 Å². The van der Waals surface area contributed by atoms with Crippen molar-refractivity contribution in [3.8, 4) is 0 Å². The minimum atomic E-state index is -0.360. The van der Waals surface area contributed by atoms with Gasteiger partial charge in [0, 0.05) is 57.3 Å². The number of carbonyl (C=O) groups is 2. The minimum Gasteiger partial charge on any atom is -0.359 e. The summed E-state index contributed by atoms with van der Waals surface area (Å²) in [6.45, 7) is 3.85. The molecule has 2 amide bonds. The van der Waals surface area contributed by atoms with E-state index in [9.17, 15) is 14.0 Å².